The molecule has 1 aromatic carbocycles. The molecule has 0 fully saturated rings. The Morgan fingerprint density at radius 2 is 1.89 bits per heavy atom. The predicted molar refractivity (Wildman–Crippen MR) is 61.2 cm³/mol. The van der Waals surface area contributed by atoms with E-state index in [0.29, 0.717) is 5.69 Å². The van der Waals surface area contributed by atoms with Gasteiger partial charge in [-0.1, -0.05) is 18.2 Å². The van der Waals surface area contributed by atoms with Crippen molar-refractivity contribution in [2.45, 2.75) is 13.2 Å². The van der Waals surface area contributed by atoms with Crippen LogP contribution in [-0.4, -0.2) is 23.9 Å². The maximum Gasteiger partial charge on any atom is 0.367 e. The van der Waals surface area contributed by atoms with Crippen LogP contribution in [0.3, 0.4) is 0 Å². The second-order valence-electron chi connectivity index (χ2n) is 3.42. The van der Waals surface area contributed by atoms with E-state index in [2.05, 4.69) is 0 Å². The van der Waals surface area contributed by atoms with Crippen LogP contribution < -0.4 is 4.90 Å². The summed E-state index contributed by atoms with van der Waals surface area (Å²) >= 11 is 0. The standard InChI is InChI=1S/C12H12F3NO2/c1-2-16(8-6-4-3-5-7-8)11(15)9(13)10(14)12(17)18/h3-7,11H,2H2,1H3,(H,17,18)/b10-9+. The Morgan fingerprint density at radius 3 is 2.33 bits per heavy atom. The number of hydrogen-bond donors (Lipinski definition) is 1. The molecule has 1 unspecified atom stereocenters. The van der Waals surface area contributed by atoms with E-state index in [9.17, 15) is 18.0 Å². The molecule has 1 rings (SSSR count). The van der Waals surface area contributed by atoms with Gasteiger partial charge in [0, 0.05) is 12.2 Å². The summed E-state index contributed by atoms with van der Waals surface area (Å²) in [5.41, 5.74) is 0.334. The molecule has 3 nitrogen and oxygen atoms in total. The largest absolute Gasteiger partial charge is 0.476 e. The first-order chi connectivity index (χ1) is 8.49. The maximum atomic E-state index is 13.7. The van der Waals surface area contributed by atoms with E-state index in [4.69, 9.17) is 5.11 Å². The summed E-state index contributed by atoms with van der Waals surface area (Å²) in [4.78, 5) is 11.1. The van der Waals surface area contributed by atoms with Gasteiger partial charge in [-0.3, -0.25) is 0 Å². The lowest BCUT2D eigenvalue weighted by Crippen LogP contribution is -2.33. The summed E-state index contributed by atoms with van der Waals surface area (Å²) in [7, 11) is 0. The molecule has 0 bridgehead atoms. The lowest BCUT2D eigenvalue weighted by molar-refractivity contribution is -0.134. The van der Waals surface area contributed by atoms with Crippen LogP contribution in [-0.2, 0) is 4.79 Å². The number of para-hydroxylation sites is 1. The zero-order chi connectivity index (χ0) is 13.7. The van der Waals surface area contributed by atoms with Crippen molar-refractivity contribution in [3.8, 4) is 0 Å². The van der Waals surface area contributed by atoms with Gasteiger partial charge in [-0.2, -0.15) is 4.39 Å². The number of hydrogen-bond acceptors (Lipinski definition) is 2. The highest BCUT2D eigenvalue weighted by molar-refractivity contribution is 5.84. The van der Waals surface area contributed by atoms with Crippen molar-refractivity contribution >= 4 is 11.7 Å². The minimum absolute atomic E-state index is 0.0610. The summed E-state index contributed by atoms with van der Waals surface area (Å²) in [6.45, 7) is 1.61. The SMILES string of the molecule is CCN(c1ccccc1)C(F)/C(F)=C(\F)C(=O)O. The third-order valence-electron chi connectivity index (χ3n) is 2.31. The Morgan fingerprint density at radius 1 is 1.33 bits per heavy atom. The molecule has 0 amide bonds. The smallest absolute Gasteiger partial charge is 0.367 e. The van der Waals surface area contributed by atoms with Crippen molar-refractivity contribution in [3.05, 3.63) is 42.0 Å². The normalized spacial score (nSPS) is 13.8. The van der Waals surface area contributed by atoms with Gasteiger partial charge < -0.3 is 10.0 Å². The van der Waals surface area contributed by atoms with Gasteiger partial charge in [-0.05, 0) is 19.1 Å². The van der Waals surface area contributed by atoms with Crippen molar-refractivity contribution in [2.24, 2.45) is 0 Å². The van der Waals surface area contributed by atoms with E-state index < -0.39 is 23.9 Å². The van der Waals surface area contributed by atoms with Gasteiger partial charge in [0.15, 0.2) is 5.83 Å². The number of halogens is 3. The molecular weight excluding hydrogens is 247 g/mol. The van der Waals surface area contributed by atoms with Crippen molar-refractivity contribution in [3.63, 3.8) is 0 Å². The molecule has 0 aliphatic rings. The molecule has 0 radical (unpaired) electrons. The Labute approximate surface area is 102 Å². The van der Waals surface area contributed by atoms with Crippen LogP contribution in [0, 0.1) is 0 Å². The first kappa shape index (κ1) is 14.1. The highest BCUT2D eigenvalue weighted by Crippen LogP contribution is 2.24. The number of benzene rings is 1. The maximum absolute atomic E-state index is 13.7. The number of likely N-dealkylation sites (N-methyl/N-ethyl adjacent to an activating group) is 1. The molecule has 0 saturated heterocycles. The van der Waals surface area contributed by atoms with Gasteiger partial charge in [-0.15, -0.1) is 0 Å². The summed E-state index contributed by atoms with van der Waals surface area (Å²) in [6.07, 6.45) is -2.46. The van der Waals surface area contributed by atoms with Crippen molar-refractivity contribution in [1.82, 2.24) is 0 Å². The zero-order valence-electron chi connectivity index (χ0n) is 9.61. The van der Waals surface area contributed by atoms with E-state index in [0.717, 1.165) is 4.90 Å². The topological polar surface area (TPSA) is 40.5 Å². The van der Waals surface area contributed by atoms with E-state index in [1.807, 2.05) is 0 Å². The van der Waals surface area contributed by atoms with Crippen LogP contribution in [0.2, 0.25) is 0 Å². The molecular formula is C12H12F3NO2. The summed E-state index contributed by atoms with van der Waals surface area (Å²) < 4.78 is 39.8. The summed E-state index contributed by atoms with van der Waals surface area (Å²) in [5, 5.41) is 8.27. The number of carboxylic acids is 1. The predicted octanol–water partition coefficient (Wildman–Crippen LogP) is 3.04. The Bertz CT molecular complexity index is 448. The molecule has 0 spiro atoms. The Kier molecular flexibility index (Phi) is 4.76. The molecule has 18 heavy (non-hydrogen) atoms. The van der Waals surface area contributed by atoms with Crippen LogP contribution in [0.5, 0.6) is 0 Å². The number of nitrogens with zero attached hydrogens (tertiary/aromatic N) is 1. The van der Waals surface area contributed by atoms with Gasteiger partial charge in [-0.25, -0.2) is 13.6 Å². The molecule has 6 heteroatoms. The lowest BCUT2D eigenvalue weighted by Gasteiger charge is -2.25. The van der Waals surface area contributed by atoms with E-state index in [1.165, 1.54) is 12.1 Å². The van der Waals surface area contributed by atoms with E-state index in [-0.39, 0.29) is 6.54 Å². The second-order valence-corrected chi connectivity index (χ2v) is 3.42. The molecule has 1 aromatic rings. The molecule has 98 valence electrons. The van der Waals surface area contributed by atoms with Gasteiger partial charge in [0.2, 0.25) is 12.1 Å². The molecule has 0 aliphatic heterocycles. The number of alkyl halides is 1. The highest BCUT2D eigenvalue weighted by Gasteiger charge is 2.27. The monoisotopic (exact) mass is 259 g/mol. The number of rotatable bonds is 5. The zero-order valence-corrected chi connectivity index (χ0v) is 9.61. The van der Waals surface area contributed by atoms with Crippen LogP contribution in [0.15, 0.2) is 42.0 Å². The quantitative estimate of drug-likeness (QED) is 0.652. The number of carboxylic acid groups (broad SMARTS) is 1. The molecule has 0 heterocycles. The van der Waals surface area contributed by atoms with Crippen molar-refractivity contribution < 1.29 is 23.1 Å². The molecule has 0 aromatic heterocycles. The molecule has 0 aliphatic carbocycles. The average Bonchev–Trinajstić information content (AvgIpc) is 2.38. The van der Waals surface area contributed by atoms with Gasteiger partial charge in [0.25, 0.3) is 0 Å². The van der Waals surface area contributed by atoms with Crippen LogP contribution in [0.4, 0.5) is 18.9 Å². The molecule has 1 atom stereocenters. The minimum atomic E-state index is -2.46. The molecule has 0 saturated carbocycles. The lowest BCUT2D eigenvalue weighted by atomic mass is 10.2. The van der Waals surface area contributed by atoms with Crippen LogP contribution in [0.25, 0.3) is 0 Å². The number of aliphatic carboxylic acids is 1. The van der Waals surface area contributed by atoms with Crippen LogP contribution >= 0.6 is 0 Å². The summed E-state index contributed by atoms with van der Waals surface area (Å²) in [6, 6.07) is 7.94. The first-order valence-electron chi connectivity index (χ1n) is 5.23. The Balaban J connectivity index is 3.04. The van der Waals surface area contributed by atoms with Crippen molar-refractivity contribution in [1.29, 1.82) is 0 Å². The fourth-order valence-electron chi connectivity index (χ4n) is 1.44. The van der Waals surface area contributed by atoms with Crippen molar-refractivity contribution in [2.75, 3.05) is 11.4 Å². The fourth-order valence-corrected chi connectivity index (χ4v) is 1.44. The van der Waals surface area contributed by atoms with E-state index >= 15 is 0 Å². The van der Waals surface area contributed by atoms with Gasteiger partial charge >= 0.3 is 5.97 Å². The van der Waals surface area contributed by atoms with Crippen LogP contribution in [0.1, 0.15) is 6.92 Å². The van der Waals surface area contributed by atoms with Gasteiger partial charge in [0.05, 0.1) is 0 Å². The average molecular weight is 259 g/mol. The van der Waals surface area contributed by atoms with E-state index in [1.54, 1.807) is 25.1 Å². The molecule has 1 N–H and O–H groups in total. The third-order valence-corrected chi connectivity index (χ3v) is 2.31. The fraction of sp³-hybridized carbons (Fsp3) is 0.250. The number of carbonyl (C=O) groups is 1. The highest BCUT2D eigenvalue weighted by atomic mass is 19.2. The second kappa shape index (κ2) is 6.09. The summed E-state index contributed by atoms with van der Waals surface area (Å²) in [5.74, 6) is -6.18. The third kappa shape index (κ3) is 3.03. The Hall–Kier alpha value is -1.98. The van der Waals surface area contributed by atoms with Gasteiger partial charge in [0.1, 0.15) is 0 Å². The number of anilines is 1. The minimum Gasteiger partial charge on any atom is -0.476 e. The first-order valence-corrected chi connectivity index (χ1v) is 5.23.